The van der Waals surface area contributed by atoms with Crippen LogP contribution in [0.25, 0.3) is 0 Å². The van der Waals surface area contributed by atoms with Crippen LogP contribution in [-0.4, -0.2) is 54.8 Å². The van der Waals surface area contributed by atoms with Gasteiger partial charge in [0, 0.05) is 30.1 Å². The van der Waals surface area contributed by atoms with Crippen molar-refractivity contribution in [1.82, 2.24) is 4.90 Å². The summed E-state index contributed by atoms with van der Waals surface area (Å²) >= 11 is 1.89. The molecule has 1 heterocycles. The van der Waals surface area contributed by atoms with Gasteiger partial charge in [-0.1, -0.05) is 0 Å². The van der Waals surface area contributed by atoms with Crippen LogP contribution in [0.15, 0.2) is 0 Å². The second-order valence-corrected chi connectivity index (χ2v) is 5.79. The van der Waals surface area contributed by atoms with Crippen LogP contribution in [0.1, 0.15) is 13.8 Å². The van der Waals surface area contributed by atoms with Gasteiger partial charge in [-0.2, -0.15) is 11.8 Å². The molecule has 1 saturated heterocycles. The molecule has 0 spiro atoms. The van der Waals surface area contributed by atoms with Gasteiger partial charge in [-0.25, -0.2) is 0 Å². The lowest BCUT2D eigenvalue weighted by Gasteiger charge is -2.30. The maximum absolute atomic E-state index is 5.91. The van der Waals surface area contributed by atoms with E-state index in [9.17, 15) is 0 Å². The van der Waals surface area contributed by atoms with Gasteiger partial charge in [-0.3, -0.25) is 0 Å². The third kappa shape index (κ3) is 5.20. The largest absolute Gasteiger partial charge is 0.375 e. The van der Waals surface area contributed by atoms with Gasteiger partial charge in [-0.05, 0) is 20.9 Å². The van der Waals surface area contributed by atoms with Crippen LogP contribution in [0.4, 0.5) is 0 Å². The summed E-state index contributed by atoms with van der Waals surface area (Å²) < 4.78 is 5.66. The van der Waals surface area contributed by atoms with Crippen molar-refractivity contribution in [1.29, 1.82) is 0 Å². The summed E-state index contributed by atoms with van der Waals surface area (Å²) in [5.41, 5.74) is 5.84. The molecule has 0 bridgehead atoms. The lowest BCUT2D eigenvalue weighted by atomic mass is 10.1. The van der Waals surface area contributed by atoms with Crippen LogP contribution in [0.2, 0.25) is 0 Å². The molecule has 14 heavy (non-hydrogen) atoms. The molecule has 84 valence electrons. The first-order valence-corrected chi connectivity index (χ1v) is 6.29. The number of morpholine rings is 1. The standard InChI is InChI=1S/C10H22N2OS/c1-10(2,11)8-14-7-9-6-12(3)4-5-13-9/h9H,4-8,11H2,1-3H3. The number of hydrogen-bond acceptors (Lipinski definition) is 4. The molecule has 0 radical (unpaired) electrons. The minimum Gasteiger partial charge on any atom is -0.375 e. The van der Waals surface area contributed by atoms with Crippen molar-refractivity contribution < 1.29 is 4.74 Å². The second-order valence-electron chi connectivity index (χ2n) is 4.76. The molecule has 1 unspecified atom stereocenters. The number of rotatable bonds is 4. The van der Waals surface area contributed by atoms with Gasteiger partial charge < -0.3 is 15.4 Å². The van der Waals surface area contributed by atoms with E-state index in [2.05, 4.69) is 25.8 Å². The maximum Gasteiger partial charge on any atom is 0.0792 e. The molecule has 0 aromatic rings. The summed E-state index contributed by atoms with van der Waals surface area (Å²) in [6.45, 7) is 7.11. The highest BCUT2D eigenvalue weighted by molar-refractivity contribution is 7.99. The fourth-order valence-corrected chi connectivity index (χ4v) is 2.53. The monoisotopic (exact) mass is 218 g/mol. The van der Waals surface area contributed by atoms with Gasteiger partial charge in [0.25, 0.3) is 0 Å². The van der Waals surface area contributed by atoms with Crippen molar-refractivity contribution >= 4 is 11.8 Å². The summed E-state index contributed by atoms with van der Waals surface area (Å²) in [7, 11) is 2.15. The van der Waals surface area contributed by atoms with Crippen molar-refractivity contribution in [3.63, 3.8) is 0 Å². The molecule has 1 fully saturated rings. The first-order chi connectivity index (χ1) is 6.47. The SMILES string of the molecule is CN1CCOC(CSCC(C)(C)N)C1. The first kappa shape index (κ1) is 12.3. The normalized spacial score (nSPS) is 25.3. The van der Waals surface area contributed by atoms with Crippen LogP contribution in [0.3, 0.4) is 0 Å². The summed E-state index contributed by atoms with van der Waals surface area (Å²) in [6, 6.07) is 0. The number of nitrogens with two attached hydrogens (primary N) is 1. The highest BCUT2D eigenvalue weighted by Gasteiger charge is 2.18. The van der Waals surface area contributed by atoms with E-state index in [1.807, 2.05) is 11.8 Å². The van der Waals surface area contributed by atoms with Gasteiger partial charge in [0.1, 0.15) is 0 Å². The number of likely N-dealkylation sites (N-methyl/N-ethyl adjacent to an activating group) is 1. The Labute approximate surface area is 91.4 Å². The van der Waals surface area contributed by atoms with Crippen LogP contribution in [0, 0.1) is 0 Å². The molecule has 1 atom stereocenters. The summed E-state index contributed by atoms with van der Waals surface area (Å²) in [5, 5.41) is 0. The molecule has 1 rings (SSSR count). The summed E-state index contributed by atoms with van der Waals surface area (Å²) in [6.07, 6.45) is 0.390. The van der Waals surface area contributed by atoms with Crippen molar-refractivity contribution in [2.75, 3.05) is 38.2 Å². The number of ether oxygens (including phenoxy) is 1. The zero-order chi connectivity index (χ0) is 10.6. The fraction of sp³-hybridized carbons (Fsp3) is 1.00. The van der Waals surface area contributed by atoms with E-state index >= 15 is 0 Å². The first-order valence-electron chi connectivity index (χ1n) is 5.14. The van der Waals surface area contributed by atoms with E-state index in [1.165, 1.54) is 0 Å². The average Bonchev–Trinajstić information content (AvgIpc) is 2.01. The molecule has 1 aliphatic heterocycles. The zero-order valence-corrected chi connectivity index (χ0v) is 10.3. The summed E-state index contributed by atoms with van der Waals surface area (Å²) in [5.74, 6) is 2.06. The molecule has 0 aliphatic carbocycles. The Morgan fingerprint density at radius 1 is 1.57 bits per heavy atom. The number of nitrogens with zero attached hydrogens (tertiary/aromatic N) is 1. The second kappa shape index (κ2) is 5.35. The number of hydrogen-bond donors (Lipinski definition) is 1. The topological polar surface area (TPSA) is 38.5 Å². The van der Waals surface area contributed by atoms with E-state index in [0.717, 1.165) is 31.2 Å². The predicted octanol–water partition coefficient (Wildman–Crippen LogP) is 0.788. The Bertz CT molecular complexity index is 170. The van der Waals surface area contributed by atoms with E-state index in [4.69, 9.17) is 10.5 Å². The molecule has 0 saturated carbocycles. The van der Waals surface area contributed by atoms with Crippen LogP contribution in [0.5, 0.6) is 0 Å². The molecule has 2 N–H and O–H groups in total. The highest BCUT2D eigenvalue weighted by atomic mass is 32.2. The van der Waals surface area contributed by atoms with E-state index in [-0.39, 0.29) is 5.54 Å². The fourth-order valence-electron chi connectivity index (χ4n) is 1.42. The Morgan fingerprint density at radius 3 is 2.86 bits per heavy atom. The Balaban J connectivity index is 2.12. The molecule has 0 amide bonds. The third-order valence-corrected chi connectivity index (χ3v) is 3.68. The molecular weight excluding hydrogens is 196 g/mol. The smallest absolute Gasteiger partial charge is 0.0792 e. The molecule has 3 nitrogen and oxygen atoms in total. The molecule has 4 heteroatoms. The minimum absolute atomic E-state index is 0.0643. The Hall–Kier alpha value is 0.230. The lowest BCUT2D eigenvalue weighted by Crippen LogP contribution is -2.42. The lowest BCUT2D eigenvalue weighted by molar-refractivity contribution is -0.00599. The summed E-state index contributed by atoms with van der Waals surface area (Å²) in [4.78, 5) is 2.32. The third-order valence-electron chi connectivity index (χ3n) is 2.12. The van der Waals surface area contributed by atoms with Crippen molar-refractivity contribution in [3.05, 3.63) is 0 Å². The van der Waals surface area contributed by atoms with Gasteiger partial charge in [0.2, 0.25) is 0 Å². The van der Waals surface area contributed by atoms with Gasteiger partial charge in [0.05, 0.1) is 12.7 Å². The maximum atomic E-state index is 5.91. The van der Waals surface area contributed by atoms with Crippen LogP contribution in [-0.2, 0) is 4.74 Å². The van der Waals surface area contributed by atoms with Crippen molar-refractivity contribution in [2.24, 2.45) is 5.73 Å². The van der Waals surface area contributed by atoms with Crippen LogP contribution < -0.4 is 5.73 Å². The average molecular weight is 218 g/mol. The highest BCUT2D eigenvalue weighted by Crippen LogP contribution is 2.14. The molecule has 0 aromatic carbocycles. The van der Waals surface area contributed by atoms with Crippen LogP contribution >= 0.6 is 11.8 Å². The minimum atomic E-state index is -0.0643. The van der Waals surface area contributed by atoms with Crippen molar-refractivity contribution in [2.45, 2.75) is 25.5 Å². The van der Waals surface area contributed by atoms with Gasteiger partial charge in [-0.15, -0.1) is 0 Å². The molecule has 1 aliphatic rings. The van der Waals surface area contributed by atoms with E-state index in [0.29, 0.717) is 6.10 Å². The molecule has 0 aromatic heterocycles. The van der Waals surface area contributed by atoms with Gasteiger partial charge >= 0.3 is 0 Å². The van der Waals surface area contributed by atoms with Gasteiger partial charge in [0.15, 0.2) is 0 Å². The van der Waals surface area contributed by atoms with E-state index in [1.54, 1.807) is 0 Å². The Kier molecular flexibility index (Phi) is 4.70. The van der Waals surface area contributed by atoms with E-state index < -0.39 is 0 Å². The molecular formula is C10H22N2OS. The zero-order valence-electron chi connectivity index (χ0n) is 9.45. The Morgan fingerprint density at radius 2 is 2.29 bits per heavy atom. The predicted molar refractivity (Wildman–Crippen MR) is 62.8 cm³/mol. The quantitative estimate of drug-likeness (QED) is 0.757. The number of thioether (sulfide) groups is 1. The van der Waals surface area contributed by atoms with Crippen molar-refractivity contribution in [3.8, 4) is 0 Å².